The second-order valence-electron chi connectivity index (χ2n) is 5.02. The van der Waals surface area contributed by atoms with Gasteiger partial charge in [-0.2, -0.15) is 0 Å². The average Bonchev–Trinajstić information content (AvgIpc) is 2.55. The van der Waals surface area contributed by atoms with Crippen molar-refractivity contribution in [3.63, 3.8) is 0 Å². The van der Waals surface area contributed by atoms with Crippen LogP contribution in [0.5, 0.6) is 0 Å². The van der Waals surface area contributed by atoms with E-state index in [1.54, 1.807) is 17.0 Å². The van der Waals surface area contributed by atoms with Gasteiger partial charge in [0.1, 0.15) is 0 Å². The van der Waals surface area contributed by atoms with Crippen LogP contribution in [-0.4, -0.2) is 9.55 Å². The number of benzene rings is 2. The van der Waals surface area contributed by atoms with Crippen molar-refractivity contribution in [2.45, 2.75) is 17.7 Å². The minimum absolute atomic E-state index is 0.0775. The van der Waals surface area contributed by atoms with Crippen LogP contribution in [-0.2, 0) is 5.75 Å². The van der Waals surface area contributed by atoms with Gasteiger partial charge in [-0.25, -0.2) is 4.98 Å². The Morgan fingerprint density at radius 2 is 1.91 bits per heavy atom. The van der Waals surface area contributed by atoms with Crippen molar-refractivity contribution < 1.29 is 0 Å². The first-order valence-electron chi connectivity index (χ1n) is 7.05. The number of para-hydroxylation sites is 1. The van der Waals surface area contributed by atoms with Crippen molar-refractivity contribution in [2.75, 3.05) is 0 Å². The summed E-state index contributed by atoms with van der Waals surface area (Å²) >= 11 is 1.47. The summed E-state index contributed by atoms with van der Waals surface area (Å²) in [6, 6.07) is 17.9. The highest BCUT2D eigenvalue weighted by Crippen LogP contribution is 2.18. The molecule has 3 rings (SSSR count). The number of nitrogens with zero attached hydrogens (tertiary/aromatic N) is 2. The van der Waals surface area contributed by atoms with E-state index in [1.807, 2.05) is 36.4 Å². The molecule has 1 heterocycles. The maximum Gasteiger partial charge on any atom is 0.287 e. The van der Waals surface area contributed by atoms with Crippen molar-refractivity contribution in [1.29, 1.82) is 0 Å². The summed E-state index contributed by atoms with van der Waals surface area (Å²) in [5, 5.41) is 0.521. The van der Waals surface area contributed by atoms with E-state index in [0.717, 1.165) is 11.4 Å². The average molecular weight is 308 g/mol. The second-order valence-corrected chi connectivity index (χ2v) is 5.98. The van der Waals surface area contributed by atoms with Gasteiger partial charge in [0.25, 0.3) is 5.56 Å². The Kier molecular flexibility index (Phi) is 4.39. The number of hydrogen-bond donors (Lipinski definition) is 0. The lowest BCUT2D eigenvalue weighted by Gasteiger charge is -2.07. The Labute approximate surface area is 133 Å². The largest absolute Gasteiger partial charge is 0.287 e. The Bertz CT molecular complexity index is 828. The molecule has 0 aliphatic rings. The van der Waals surface area contributed by atoms with Crippen LogP contribution in [0.25, 0.3) is 5.69 Å². The van der Waals surface area contributed by atoms with Crippen LogP contribution in [0.4, 0.5) is 0 Å². The van der Waals surface area contributed by atoms with Gasteiger partial charge >= 0.3 is 0 Å². The zero-order valence-corrected chi connectivity index (χ0v) is 13.1. The summed E-state index contributed by atoms with van der Waals surface area (Å²) < 4.78 is 1.63. The molecule has 22 heavy (non-hydrogen) atoms. The molecule has 0 bridgehead atoms. The highest BCUT2D eigenvalue weighted by atomic mass is 32.2. The topological polar surface area (TPSA) is 34.9 Å². The monoisotopic (exact) mass is 308 g/mol. The van der Waals surface area contributed by atoms with Gasteiger partial charge in [0, 0.05) is 23.8 Å². The van der Waals surface area contributed by atoms with Gasteiger partial charge in [-0.15, -0.1) is 0 Å². The molecule has 3 aromatic rings. The van der Waals surface area contributed by atoms with Crippen LogP contribution >= 0.6 is 11.8 Å². The number of rotatable bonds is 4. The number of aryl methyl sites for hydroxylation is 1. The highest BCUT2D eigenvalue weighted by molar-refractivity contribution is 7.98. The van der Waals surface area contributed by atoms with Gasteiger partial charge in [0.05, 0.1) is 0 Å². The van der Waals surface area contributed by atoms with E-state index in [4.69, 9.17) is 0 Å². The first-order chi connectivity index (χ1) is 10.7. The van der Waals surface area contributed by atoms with Crippen molar-refractivity contribution in [2.24, 2.45) is 0 Å². The Hall–Kier alpha value is -2.33. The number of hydrogen-bond acceptors (Lipinski definition) is 3. The summed E-state index contributed by atoms with van der Waals surface area (Å²) in [5.41, 5.74) is 3.20. The standard InChI is InChI=1S/C18H16N2OS/c1-14-6-5-7-15(12-14)13-22-17-18(21)20(11-10-19-17)16-8-3-2-4-9-16/h2-12H,13H2,1H3. The van der Waals surface area contributed by atoms with E-state index in [0.29, 0.717) is 5.03 Å². The molecule has 0 aliphatic carbocycles. The molecule has 1 aromatic heterocycles. The van der Waals surface area contributed by atoms with Crippen molar-refractivity contribution >= 4 is 11.8 Å². The zero-order valence-electron chi connectivity index (χ0n) is 12.3. The lowest BCUT2D eigenvalue weighted by atomic mass is 10.2. The third-order valence-electron chi connectivity index (χ3n) is 3.30. The molecule has 0 spiro atoms. The van der Waals surface area contributed by atoms with E-state index in [1.165, 1.54) is 22.9 Å². The maximum atomic E-state index is 12.5. The number of thioether (sulfide) groups is 1. The Morgan fingerprint density at radius 1 is 1.09 bits per heavy atom. The molecular formula is C18H16N2OS. The van der Waals surface area contributed by atoms with Crippen LogP contribution in [0.1, 0.15) is 11.1 Å². The molecule has 0 aliphatic heterocycles. The summed E-state index contributed by atoms with van der Waals surface area (Å²) in [4.78, 5) is 16.8. The van der Waals surface area contributed by atoms with E-state index in [2.05, 4.69) is 30.1 Å². The van der Waals surface area contributed by atoms with E-state index >= 15 is 0 Å². The van der Waals surface area contributed by atoms with Gasteiger partial charge in [-0.1, -0.05) is 59.8 Å². The lowest BCUT2D eigenvalue weighted by Crippen LogP contribution is -2.20. The van der Waals surface area contributed by atoms with Crippen LogP contribution in [0.3, 0.4) is 0 Å². The van der Waals surface area contributed by atoms with E-state index in [-0.39, 0.29) is 5.56 Å². The predicted molar refractivity (Wildman–Crippen MR) is 90.6 cm³/mol. The molecule has 2 aromatic carbocycles. The predicted octanol–water partition coefficient (Wildman–Crippen LogP) is 3.83. The third-order valence-corrected chi connectivity index (χ3v) is 4.33. The molecule has 0 saturated carbocycles. The summed E-state index contributed by atoms with van der Waals surface area (Å²) in [5.74, 6) is 0.739. The Morgan fingerprint density at radius 3 is 2.68 bits per heavy atom. The molecule has 0 amide bonds. The van der Waals surface area contributed by atoms with Gasteiger partial charge in [-0.3, -0.25) is 9.36 Å². The molecule has 0 radical (unpaired) electrons. The molecule has 0 N–H and O–H groups in total. The van der Waals surface area contributed by atoms with Gasteiger partial charge in [0.2, 0.25) is 0 Å². The van der Waals surface area contributed by atoms with Gasteiger partial charge in [0.15, 0.2) is 5.03 Å². The lowest BCUT2D eigenvalue weighted by molar-refractivity contribution is 0.882. The van der Waals surface area contributed by atoms with Crippen LogP contribution in [0, 0.1) is 6.92 Å². The smallest absolute Gasteiger partial charge is 0.280 e. The summed E-state index contributed by atoms with van der Waals surface area (Å²) in [6.45, 7) is 2.07. The van der Waals surface area contributed by atoms with Crippen molar-refractivity contribution in [3.8, 4) is 5.69 Å². The molecule has 0 atom stereocenters. The fourth-order valence-corrected chi connectivity index (χ4v) is 3.08. The minimum atomic E-state index is -0.0775. The van der Waals surface area contributed by atoms with Crippen LogP contribution in [0.2, 0.25) is 0 Å². The molecule has 0 fully saturated rings. The van der Waals surface area contributed by atoms with Gasteiger partial charge < -0.3 is 0 Å². The fourth-order valence-electron chi connectivity index (χ4n) is 2.24. The first-order valence-corrected chi connectivity index (χ1v) is 8.04. The zero-order chi connectivity index (χ0) is 15.4. The quantitative estimate of drug-likeness (QED) is 0.687. The fraction of sp³-hybridized carbons (Fsp3) is 0.111. The molecule has 0 saturated heterocycles. The summed E-state index contributed by atoms with van der Waals surface area (Å²) in [6.07, 6.45) is 3.38. The molecule has 4 heteroatoms. The SMILES string of the molecule is Cc1cccc(CSc2nccn(-c3ccccc3)c2=O)c1. The maximum absolute atomic E-state index is 12.5. The molecule has 3 nitrogen and oxygen atoms in total. The third kappa shape index (κ3) is 3.28. The van der Waals surface area contributed by atoms with Gasteiger partial charge in [-0.05, 0) is 24.6 Å². The Balaban J connectivity index is 1.85. The minimum Gasteiger partial charge on any atom is -0.280 e. The summed E-state index contributed by atoms with van der Waals surface area (Å²) in [7, 11) is 0. The van der Waals surface area contributed by atoms with E-state index < -0.39 is 0 Å². The normalized spacial score (nSPS) is 10.6. The van der Waals surface area contributed by atoms with Crippen LogP contribution in [0.15, 0.2) is 76.8 Å². The first kappa shape index (κ1) is 14.6. The highest BCUT2D eigenvalue weighted by Gasteiger charge is 2.07. The van der Waals surface area contributed by atoms with E-state index in [9.17, 15) is 4.79 Å². The molecule has 110 valence electrons. The second kappa shape index (κ2) is 6.62. The van der Waals surface area contributed by atoms with Crippen LogP contribution < -0.4 is 5.56 Å². The molecule has 0 unspecified atom stereocenters. The number of aromatic nitrogens is 2. The van der Waals surface area contributed by atoms with Crippen molar-refractivity contribution in [3.05, 3.63) is 88.5 Å². The molecular weight excluding hydrogens is 292 g/mol. The van der Waals surface area contributed by atoms with Crippen molar-refractivity contribution in [1.82, 2.24) is 9.55 Å².